The van der Waals surface area contributed by atoms with Crippen LogP contribution < -0.4 is 5.32 Å². The first kappa shape index (κ1) is 12.2. The van der Waals surface area contributed by atoms with Crippen molar-refractivity contribution in [2.24, 2.45) is 5.92 Å². The van der Waals surface area contributed by atoms with Crippen LogP contribution >= 0.6 is 0 Å². The molecule has 1 aliphatic carbocycles. The Bertz CT molecular complexity index is 421. The Labute approximate surface area is 110 Å². The number of rotatable bonds is 2. The lowest BCUT2D eigenvalue weighted by molar-refractivity contribution is 0.141. The van der Waals surface area contributed by atoms with Crippen LogP contribution in [-0.2, 0) is 12.8 Å². The molecule has 2 aliphatic rings. The number of nitrogens with one attached hydrogen (secondary N) is 1. The molecular formula is C16H24N2. The first-order valence-corrected chi connectivity index (χ1v) is 7.36. The smallest absolute Gasteiger partial charge is 0.0380 e. The second-order valence-corrected chi connectivity index (χ2v) is 5.80. The van der Waals surface area contributed by atoms with Crippen LogP contribution in [0.1, 0.15) is 36.6 Å². The van der Waals surface area contributed by atoms with E-state index in [1.54, 1.807) is 11.1 Å². The van der Waals surface area contributed by atoms with Crippen LogP contribution in [0.4, 0.5) is 0 Å². The second-order valence-electron chi connectivity index (χ2n) is 5.80. The molecule has 2 unspecified atom stereocenters. The third-order valence-electron chi connectivity index (χ3n) is 4.56. The van der Waals surface area contributed by atoms with Crippen molar-refractivity contribution < 1.29 is 0 Å². The molecule has 1 N–H and O–H groups in total. The predicted molar refractivity (Wildman–Crippen MR) is 75.9 cm³/mol. The van der Waals surface area contributed by atoms with Crippen LogP contribution in [0.15, 0.2) is 18.2 Å². The van der Waals surface area contributed by atoms with E-state index in [2.05, 4.69) is 42.3 Å². The van der Waals surface area contributed by atoms with Gasteiger partial charge in [-0.15, -0.1) is 0 Å². The van der Waals surface area contributed by atoms with Crippen LogP contribution in [0.5, 0.6) is 0 Å². The molecule has 0 saturated carbocycles. The van der Waals surface area contributed by atoms with E-state index in [0.29, 0.717) is 6.04 Å². The van der Waals surface area contributed by atoms with E-state index in [4.69, 9.17) is 0 Å². The summed E-state index contributed by atoms with van der Waals surface area (Å²) in [5.41, 5.74) is 4.69. The molecule has 0 spiro atoms. The fourth-order valence-corrected chi connectivity index (χ4v) is 3.61. The van der Waals surface area contributed by atoms with Gasteiger partial charge in [0.25, 0.3) is 0 Å². The Balaban J connectivity index is 1.91. The molecule has 1 aromatic carbocycles. The highest BCUT2D eigenvalue weighted by atomic mass is 15.2. The lowest BCUT2D eigenvalue weighted by atomic mass is 9.98. The number of nitrogens with zero attached hydrogens (tertiary/aromatic N) is 1. The SMILES string of the molecule is CCc1ccc2c(c1)C(N1CCNCC1)C(C)C2. The van der Waals surface area contributed by atoms with E-state index >= 15 is 0 Å². The van der Waals surface area contributed by atoms with Crippen molar-refractivity contribution in [2.75, 3.05) is 26.2 Å². The van der Waals surface area contributed by atoms with Crippen molar-refractivity contribution in [3.8, 4) is 0 Å². The molecule has 0 aromatic heterocycles. The summed E-state index contributed by atoms with van der Waals surface area (Å²) < 4.78 is 0. The summed E-state index contributed by atoms with van der Waals surface area (Å²) >= 11 is 0. The molecular weight excluding hydrogens is 220 g/mol. The number of piperazine rings is 1. The van der Waals surface area contributed by atoms with Crippen LogP contribution in [0.2, 0.25) is 0 Å². The Hall–Kier alpha value is -0.860. The topological polar surface area (TPSA) is 15.3 Å². The molecule has 0 radical (unpaired) electrons. The first-order chi connectivity index (χ1) is 8.79. The molecule has 2 atom stereocenters. The Morgan fingerprint density at radius 2 is 2.06 bits per heavy atom. The standard InChI is InChI=1S/C16H24N2/c1-3-13-4-5-14-10-12(2)16(15(14)11-13)18-8-6-17-7-9-18/h4-5,11-12,16-17H,3,6-10H2,1-2H3. The van der Waals surface area contributed by atoms with Gasteiger partial charge in [0.15, 0.2) is 0 Å². The van der Waals surface area contributed by atoms with Gasteiger partial charge in [-0.25, -0.2) is 0 Å². The number of aryl methyl sites for hydroxylation is 1. The quantitative estimate of drug-likeness (QED) is 0.859. The summed E-state index contributed by atoms with van der Waals surface area (Å²) in [5, 5.41) is 3.46. The predicted octanol–water partition coefficient (Wildman–Crippen LogP) is 2.39. The largest absolute Gasteiger partial charge is 0.314 e. The second kappa shape index (κ2) is 5.02. The lowest BCUT2D eigenvalue weighted by Crippen LogP contribution is -2.45. The van der Waals surface area contributed by atoms with Crippen LogP contribution in [0, 0.1) is 5.92 Å². The van der Waals surface area contributed by atoms with Gasteiger partial charge in [0.05, 0.1) is 0 Å². The maximum atomic E-state index is 3.46. The fraction of sp³-hybridized carbons (Fsp3) is 0.625. The maximum absolute atomic E-state index is 3.46. The van der Waals surface area contributed by atoms with E-state index in [1.807, 2.05) is 0 Å². The van der Waals surface area contributed by atoms with Crippen LogP contribution in [0.25, 0.3) is 0 Å². The highest BCUT2D eigenvalue weighted by Crippen LogP contribution is 2.40. The van der Waals surface area contributed by atoms with Gasteiger partial charge >= 0.3 is 0 Å². The van der Waals surface area contributed by atoms with Gasteiger partial charge in [0.2, 0.25) is 0 Å². The highest BCUT2D eigenvalue weighted by Gasteiger charge is 2.34. The Morgan fingerprint density at radius 3 is 2.78 bits per heavy atom. The molecule has 1 heterocycles. The van der Waals surface area contributed by atoms with Crippen LogP contribution in [0.3, 0.4) is 0 Å². The van der Waals surface area contributed by atoms with Gasteiger partial charge in [-0.2, -0.15) is 0 Å². The molecule has 98 valence electrons. The Morgan fingerprint density at radius 1 is 1.28 bits per heavy atom. The zero-order valence-corrected chi connectivity index (χ0v) is 11.6. The minimum Gasteiger partial charge on any atom is -0.314 e. The summed E-state index contributed by atoms with van der Waals surface area (Å²) in [4.78, 5) is 2.69. The summed E-state index contributed by atoms with van der Waals surface area (Å²) in [6.07, 6.45) is 2.41. The van der Waals surface area contributed by atoms with Gasteiger partial charge in [-0.1, -0.05) is 32.0 Å². The monoisotopic (exact) mass is 244 g/mol. The molecule has 1 aliphatic heterocycles. The van der Waals surface area contributed by atoms with E-state index in [-0.39, 0.29) is 0 Å². The first-order valence-electron chi connectivity index (χ1n) is 7.36. The van der Waals surface area contributed by atoms with Crippen molar-refractivity contribution in [3.63, 3.8) is 0 Å². The third-order valence-corrected chi connectivity index (χ3v) is 4.56. The molecule has 3 rings (SSSR count). The third kappa shape index (κ3) is 2.08. The normalized spacial score (nSPS) is 28.3. The summed E-state index contributed by atoms with van der Waals surface area (Å²) in [6, 6.07) is 7.80. The summed E-state index contributed by atoms with van der Waals surface area (Å²) in [6.45, 7) is 9.35. The van der Waals surface area contributed by atoms with Crippen molar-refractivity contribution in [3.05, 3.63) is 34.9 Å². The summed E-state index contributed by atoms with van der Waals surface area (Å²) in [5.74, 6) is 0.769. The van der Waals surface area contributed by atoms with Crippen molar-refractivity contribution >= 4 is 0 Å². The molecule has 18 heavy (non-hydrogen) atoms. The number of hydrogen-bond acceptors (Lipinski definition) is 2. The molecule has 1 aromatic rings. The van der Waals surface area contributed by atoms with E-state index in [1.165, 1.54) is 25.1 Å². The van der Waals surface area contributed by atoms with Gasteiger partial charge in [-0.05, 0) is 35.4 Å². The van der Waals surface area contributed by atoms with E-state index in [9.17, 15) is 0 Å². The molecule has 0 bridgehead atoms. The van der Waals surface area contributed by atoms with Gasteiger partial charge < -0.3 is 5.32 Å². The number of fused-ring (bicyclic) bond motifs is 1. The average molecular weight is 244 g/mol. The van der Waals surface area contributed by atoms with Gasteiger partial charge in [-0.3, -0.25) is 4.90 Å². The van der Waals surface area contributed by atoms with Gasteiger partial charge in [0.1, 0.15) is 0 Å². The number of hydrogen-bond donors (Lipinski definition) is 1. The zero-order valence-electron chi connectivity index (χ0n) is 11.6. The lowest BCUT2D eigenvalue weighted by Gasteiger charge is -2.35. The minimum absolute atomic E-state index is 0.661. The zero-order chi connectivity index (χ0) is 12.5. The molecule has 2 heteroatoms. The van der Waals surface area contributed by atoms with E-state index in [0.717, 1.165) is 25.4 Å². The van der Waals surface area contributed by atoms with E-state index < -0.39 is 0 Å². The average Bonchev–Trinajstić information content (AvgIpc) is 2.74. The Kier molecular flexibility index (Phi) is 3.40. The highest BCUT2D eigenvalue weighted by molar-refractivity contribution is 5.39. The van der Waals surface area contributed by atoms with Crippen molar-refractivity contribution in [2.45, 2.75) is 32.7 Å². The molecule has 1 fully saturated rings. The molecule has 1 saturated heterocycles. The van der Waals surface area contributed by atoms with Crippen molar-refractivity contribution in [1.29, 1.82) is 0 Å². The maximum Gasteiger partial charge on any atom is 0.0380 e. The molecule has 0 amide bonds. The minimum atomic E-state index is 0.661. The van der Waals surface area contributed by atoms with Crippen molar-refractivity contribution in [1.82, 2.24) is 10.2 Å². The summed E-state index contributed by atoms with van der Waals surface area (Å²) in [7, 11) is 0. The van der Waals surface area contributed by atoms with Gasteiger partial charge in [0, 0.05) is 32.2 Å². The molecule has 2 nitrogen and oxygen atoms in total. The fourth-order valence-electron chi connectivity index (χ4n) is 3.61. The number of benzene rings is 1. The van der Waals surface area contributed by atoms with Crippen LogP contribution in [-0.4, -0.2) is 31.1 Å².